The van der Waals surface area contributed by atoms with E-state index in [-0.39, 0.29) is 6.10 Å². The number of hydrogen-bond donors (Lipinski definition) is 2. The van der Waals surface area contributed by atoms with E-state index >= 15 is 0 Å². The van der Waals surface area contributed by atoms with Gasteiger partial charge in [-0.1, -0.05) is 12.0 Å². The number of anilines is 1. The highest BCUT2D eigenvalue weighted by atomic mass is 16.6. The van der Waals surface area contributed by atoms with E-state index in [1.54, 1.807) is 0 Å². The molecule has 0 saturated carbocycles. The Kier molecular flexibility index (Phi) is 5.37. The molecule has 0 bridgehead atoms. The highest BCUT2D eigenvalue weighted by molar-refractivity contribution is 5.17. The Bertz CT molecular complexity index is 339. The van der Waals surface area contributed by atoms with Crippen LogP contribution >= 0.6 is 0 Å². The maximum absolute atomic E-state index is 5.50. The molecule has 1 aromatic heterocycles. The van der Waals surface area contributed by atoms with Gasteiger partial charge in [0.05, 0.1) is 32.5 Å². The molecule has 1 atom stereocenters. The lowest BCUT2D eigenvalue weighted by atomic mass is 10.3. The third-order valence-corrected chi connectivity index (χ3v) is 2.54. The zero-order valence-corrected chi connectivity index (χ0v) is 10.6. The maximum Gasteiger partial charge on any atom is 0.315 e. The second-order valence-electron chi connectivity index (χ2n) is 4.13. The van der Waals surface area contributed by atoms with Crippen molar-refractivity contribution in [2.45, 2.75) is 26.0 Å². The standard InChI is InChI=1S/C11H20N4O3/c1-2-3-12-7-10-14-15-11(18-10)13-6-9-8-16-4-5-17-9/h9,12H,2-8H2,1H3,(H,13,15). The van der Waals surface area contributed by atoms with E-state index in [4.69, 9.17) is 13.9 Å². The number of nitrogens with one attached hydrogen (secondary N) is 2. The van der Waals surface area contributed by atoms with E-state index in [2.05, 4.69) is 27.8 Å². The smallest absolute Gasteiger partial charge is 0.315 e. The molecule has 7 nitrogen and oxygen atoms in total. The molecule has 0 radical (unpaired) electrons. The molecule has 0 aliphatic carbocycles. The normalized spacial score (nSPS) is 19.9. The van der Waals surface area contributed by atoms with E-state index in [9.17, 15) is 0 Å². The first-order valence-corrected chi connectivity index (χ1v) is 6.35. The van der Waals surface area contributed by atoms with Crippen LogP contribution in [0.2, 0.25) is 0 Å². The molecule has 18 heavy (non-hydrogen) atoms. The van der Waals surface area contributed by atoms with Gasteiger partial charge in [0.15, 0.2) is 0 Å². The maximum atomic E-state index is 5.50. The van der Waals surface area contributed by atoms with Crippen molar-refractivity contribution in [2.24, 2.45) is 0 Å². The molecule has 1 aliphatic rings. The second-order valence-corrected chi connectivity index (χ2v) is 4.13. The minimum atomic E-state index is 0.0484. The fourth-order valence-corrected chi connectivity index (χ4v) is 1.62. The highest BCUT2D eigenvalue weighted by Gasteiger charge is 2.15. The first-order valence-electron chi connectivity index (χ1n) is 6.35. The van der Waals surface area contributed by atoms with Crippen molar-refractivity contribution in [1.29, 1.82) is 0 Å². The van der Waals surface area contributed by atoms with Crippen LogP contribution in [0.25, 0.3) is 0 Å². The summed E-state index contributed by atoms with van der Waals surface area (Å²) in [5, 5.41) is 14.1. The molecule has 2 N–H and O–H groups in total. The lowest BCUT2D eigenvalue weighted by Gasteiger charge is -2.22. The Morgan fingerprint density at radius 1 is 1.33 bits per heavy atom. The number of nitrogens with zero attached hydrogens (tertiary/aromatic N) is 2. The van der Waals surface area contributed by atoms with Gasteiger partial charge < -0.3 is 24.5 Å². The van der Waals surface area contributed by atoms with Crippen molar-refractivity contribution < 1.29 is 13.9 Å². The van der Waals surface area contributed by atoms with Gasteiger partial charge in [-0.2, -0.15) is 0 Å². The topological polar surface area (TPSA) is 81.4 Å². The largest absolute Gasteiger partial charge is 0.407 e. The van der Waals surface area contributed by atoms with Crippen LogP contribution in [0, 0.1) is 0 Å². The monoisotopic (exact) mass is 256 g/mol. The molecule has 1 saturated heterocycles. The molecule has 102 valence electrons. The van der Waals surface area contributed by atoms with Crippen LogP contribution < -0.4 is 10.6 Å². The zero-order valence-electron chi connectivity index (χ0n) is 10.6. The molecule has 2 heterocycles. The van der Waals surface area contributed by atoms with Crippen LogP contribution in [0.3, 0.4) is 0 Å². The first-order chi connectivity index (χ1) is 8.88. The average molecular weight is 256 g/mol. The third kappa shape index (κ3) is 4.25. The molecule has 1 fully saturated rings. The van der Waals surface area contributed by atoms with Crippen molar-refractivity contribution in [3.8, 4) is 0 Å². The van der Waals surface area contributed by atoms with Crippen molar-refractivity contribution in [1.82, 2.24) is 15.5 Å². The molecule has 1 unspecified atom stereocenters. The minimum absolute atomic E-state index is 0.0484. The van der Waals surface area contributed by atoms with Gasteiger partial charge in [-0.15, -0.1) is 5.10 Å². The van der Waals surface area contributed by atoms with Crippen LogP contribution in [0.5, 0.6) is 0 Å². The molecule has 1 aliphatic heterocycles. The zero-order chi connectivity index (χ0) is 12.6. The molecule has 7 heteroatoms. The fourth-order valence-electron chi connectivity index (χ4n) is 1.62. The van der Waals surface area contributed by atoms with Crippen molar-refractivity contribution >= 4 is 6.01 Å². The van der Waals surface area contributed by atoms with Crippen LogP contribution in [-0.2, 0) is 16.0 Å². The summed E-state index contributed by atoms with van der Waals surface area (Å²) in [6.45, 7) is 6.19. The third-order valence-electron chi connectivity index (χ3n) is 2.54. The predicted molar refractivity (Wildman–Crippen MR) is 65.3 cm³/mol. The Balaban J connectivity index is 1.69. The summed E-state index contributed by atoms with van der Waals surface area (Å²) in [5.41, 5.74) is 0. The number of rotatable bonds is 7. The van der Waals surface area contributed by atoms with E-state index in [0.29, 0.717) is 44.8 Å². The fraction of sp³-hybridized carbons (Fsp3) is 0.818. The van der Waals surface area contributed by atoms with Gasteiger partial charge in [0.2, 0.25) is 5.89 Å². The second kappa shape index (κ2) is 7.30. The summed E-state index contributed by atoms with van der Waals surface area (Å²) in [7, 11) is 0. The first kappa shape index (κ1) is 13.3. The van der Waals surface area contributed by atoms with Crippen molar-refractivity contribution in [2.75, 3.05) is 38.2 Å². The van der Waals surface area contributed by atoms with Crippen LogP contribution in [0.4, 0.5) is 6.01 Å². The summed E-state index contributed by atoms with van der Waals surface area (Å²) in [6.07, 6.45) is 1.13. The minimum Gasteiger partial charge on any atom is -0.407 e. The average Bonchev–Trinajstić information content (AvgIpc) is 2.86. The van der Waals surface area contributed by atoms with E-state index in [1.807, 2.05) is 0 Å². The van der Waals surface area contributed by atoms with Gasteiger partial charge in [-0.3, -0.25) is 0 Å². The molecule has 1 aromatic rings. The van der Waals surface area contributed by atoms with E-state index < -0.39 is 0 Å². The molecule has 0 amide bonds. The number of ether oxygens (including phenoxy) is 2. The molecule has 2 rings (SSSR count). The van der Waals surface area contributed by atoms with Crippen LogP contribution in [0.1, 0.15) is 19.2 Å². The summed E-state index contributed by atoms with van der Waals surface area (Å²) < 4.78 is 16.2. The van der Waals surface area contributed by atoms with Crippen LogP contribution in [0.15, 0.2) is 4.42 Å². The van der Waals surface area contributed by atoms with Gasteiger partial charge in [0, 0.05) is 6.54 Å². The van der Waals surface area contributed by atoms with Crippen molar-refractivity contribution in [3.63, 3.8) is 0 Å². The molecular weight excluding hydrogens is 236 g/mol. The van der Waals surface area contributed by atoms with Gasteiger partial charge in [-0.25, -0.2) is 0 Å². The van der Waals surface area contributed by atoms with E-state index in [0.717, 1.165) is 13.0 Å². The lowest BCUT2D eigenvalue weighted by molar-refractivity contribution is -0.0820. The Labute approximate surface area is 106 Å². The van der Waals surface area contributed by atoms with Crippen molar-refractivity contribution in [3.05, 3.63) is 5.89 Å². The number of hydrogen-bond acceptors (Lipinski definition) is 7. The summed E-state index contributed by atoms with van der Waals surface area (Å²) in [6, 6.07) is 0.428. The van der Waals surface area contributed by atoms with Gasteiger partial charge in [-0.05, 0) is 13.0 Å². The van der Waals surface area contributed by atoms with Gasteiger partial charge >= 0.3 is 6.01 Å². The predicted octanol–water partition coefficient (Wildman–Crippen LogP) is 0.397. The summed E-state index contributed by atoms with van der Waals surface area (Å²) >= 11 is 0. The summed E-state index contributed by atoms with van der Waals surface area (Å²) in [4.78, 5) is 0. The van der Waals surface area contributed by atoms with E-state index in [1.165, 1.54) is 0 Å². The van der Waals surface area contributed by atoms with Gasteiger partial charge in [0.25, 0.3) is 0 Å². The Morgan fingerprint density at radius 2 is 2.28 bits per heavy atom. The Morgan fingerprint density at radius 3 is 3.06 bits per heavy atom. The SMILES string of the molecule is CCCNCc1nnc(NCC2COCCO2)o1. The quantitative estimate of drug-likeness (QED) is 0.683. The highest BCUT2D eigenvalue weighted by Crippen LogP contribution is 2.07. The Hall–Kier alpha value is -1.18. The lowest BCUT2D eigenvalue weighted by Crippen LogP contribution is -2.34. The molecule has 0 aromatic carbocycles. The number of aromatic nitrogens is 2. The molecule has 0 spiro atoms. The van der Waals surface area contributed by atoms with Crippen LogP contribution in [-0.4, -0.2) is 49.2 Å². The molecular formula is C11H20N4O3. The van der Waals surface area contributed by atoms with Gasteiger partial charge in [0.1, 0.15) is 0 Å². The summed E-state index contributed by atoms with van der Waals surface area (Å²) in [5.74, 6) is 0.590.